The minimum atomic E-state index is -4.31. The molecule has 5 heteroatoms. The van der Waals surface area contributed by atoms with Crippen molar-refractivity contribution in [2.24, 2.45) is 0 Å². The van der Waals surface area contributed by atoms with Gasteiger partial charge in [-0.3, -0.25) is 4.55 Å². The zero-order chi connectivity index (χ0) is 16.3. The van der Waals surface area contributed by atoms with Crippen molar-refractivity contribution in [2.75, 3.05) is 7.11 Å². The van der Waals surface area contributed by atoms with Gasteiger partial charge in [0.25, 0.3) is 10.1 Å². The summed E-state index contributed by atoms with van der Waals surface area (Å²) in [7, 11) is -2.68. The maximum atomic E-state index is 12.0. The van der Waals surface area contributed by atoms with Crippen LogP contribution in [0.5, 0.6) is 0 Å². The van der Waals surface area contributed by atoms with Crippen LogP contribution < -0.4 is 0 Å². The monoisotopic (exact) mass is 322 g/mol. The lowest BCUT2D eigenvalue weighted by molar-refractivity contribution is 0.0736. The van der Waals surface area contributed by atoms with Gasteiger partial charge in [-0.15, -0.1) is 0 Å². The number of rotatable bonds is 6. The molecule has 0 radical (unpaired) electrons. The van der Waals surface area contributed by atoms with Crippen LogP contribution in [-0.2, 0) is 14.9 Å². The highest BCUT2D eigenvalue weighted by Crippen LogP contribution is 2.41. The van der Waals surface area contributed by atoms with E-state index < -0.39 is 10.1 Å². The van der Waals surface area contributed by atoms with Crippen LogP contribution in [0.4, 0.5) is 0 Å². The molecule has 0 aromatic heterocycles. The van der Waals surface area contributed by atoms with Gasteiger partial charge in [-0.25, -0.2) is 0 Å². The maximum Gasteiger partial charge on any atom is 0.295 e. The Bertz CT molecular complexity index is 705. The van der Waals surface area contributed by atoms with Crippen molar-refractivity contribution in [2.45, 2.75) is 43.6 Å². The molecule has 0 heterocycles. The van der Waals surface area contributed by atoms with Gasteiger partial charge in [-0.2, -0.15) is 8.42 Å². The van der Waals surface area contributed by atoms with E-state index in [4.69, 9.17) is 4.74 Å². The Morgan fingerprint density at radius 2 is 1.82 bits per heavy atom. The molecule has 0 saturated heterocycles. The lowest BCUT2D eigenvalue weighted by Gasteiger charge is -2.24. The molecular formula is C17H22O4S. The second kappa shape index (κ2) is 6.77. The average molecular weight is 322 g/mol. The van der Waals surface area contributed by atoms with E-state index in [1.807, 2.05) is 38.1 Å². The molecular weight excluding hydrogens is 300 g/mol. The summed E-state index contributed by atoms with van der Waals surface area (Å²) in [6, 6.07) is 10.9. The minimum absolute atomic E-state index is 0.0149. The summed E-state index contributed by atoms with van der Waals surface area (Å²) in [4.78, 5) is 0.0149. The third-order valence-corrected chi connectivity index (χ3v) is 5.11. The van der Waals surface area contributed by atoms with E-state index in [9.17, 15) is 13.0 Å². The number of hydrogen-bond donors (Lipinski definition) is 1. The molecule has 22 heavy (non-hydrogen) atoms. The highest BCUT2D eigenvalue weighted by Gasteiger charge is 2.31. The highest BCUT2D eigenvalue weighted by atomic mass is 32.2. The summed E-state index contributed by atoms with van der Waals surface area (Å²) in [6.45, 7) is 4.00. The third kappa shape index (κ3) is 3.16. The van der Waals surface area contributed by atoms with Crippen LogP contribution in [0.2, 0.25) is 0 Å². The van der Waals surface area contributed by atoms with Gasteiger partial charge in [0.2, 0.25) is 0 Å². The number of hydrogen-bond acceptors (Lipinski definition) is 3. The Kier molecular flexibility index (Phi) is 5.21. The van der Waals surface area contributed by atoms with Gasteiger partial charge in [-0.1, -0.05) is 44.2 Å². The standard InChI is InChI=1S/C17H22O4S/c1-4-13(16(5-2)21-3)15-11-12-9-7-6-8-10-14(12)17(15)22(18,19)20/h6-11,13,16H,4-5H2,1-3H3,(H,18,19,20). The van der Waals surface area contributed by atoms with E-state index in [-0.39, 0.29) is 16.9 Å². The molecule has 2 rings (SSSR count). The molecule has 0 saturated carbocycles. The van der Waals surface area contributed by atoms with Crippen molar-refractivity contribution in [1.82, 2.24) is 0 Å². The molecule has 0 spiro atoms. The van der Waals surface area contributed by atoms with Gasteiger partial charge in [-0.05, 0) is 30.0 Å². The number of ether oxygens (including phenoxy) is 1. The normalized spacial score (nSPS) is 14.9. The van der Waals surface area contributed by atoms with Crippen LogP contribution in [0.25, 0.3) is 11.1 Å². The van der Waals surface area contributed by atoms with Gasteiger partial charge in [0.15, 0.2) is 0 Å². The smallest absolute Gasteiger partial charge is 0.295 e. The summed E-state index contributed by atoms with van der Waals surface area (Å²) < 4.78 is 39.2. The summed E-state index contributed by atoms with van der Waals surface area (Å²) in [5.74, 6) is -0.0790. The Labute approximate surface area is 132 Å². The van der Waals surface area contributed by atoms with Crippen LogP contribution in [0.15, 0.2) is 41.3 Å². The topological polar surface area (TPSA) is 63.6 Å². The fourth-order valence-corrected chi connectivity index (χ4v) is 4.12. The van der Waals surface area contributed by atoms with Crippen molar-refractivity contribution in [1.29, 1.82) is 0 Å². The molecule has 0 aromatic carbocycles. The quantitative estimate of drug-likeness (QED) is 0.818. The first kappa shape index (κ1) is 16.9. The fourth-order valence-electron chi connectivity index (χ4n) is 3.14. The Morgan fingerprint density at radius 3 is 2.36 bits per heavy atom. The zero-order valence-corrected chi connectivity index (χ0v) is 13.9. The SMILES string of the molecule is CCC(OC)C(CC)c1cc2cccccc-2c1S(=O)(=O)O. The zero-order valence-electron chi connectivity index (χ0n) is 13.1. The lowest BCUT2D eigenvalue weighted by atomic mass is 9.91. The van der Waals surface area contributed by atoms with Gasteiger partial charge in [0.05, 0.1) is 6.10 Å². The third-order valence-electron chi connectivity index (χ3n) is 4.14. The Morgan fingerprint density at radius 1 is 1.14 bits per heavy atom. The number of fused-ring (bicyclic) bond motifs is 1. The molecule has 1 N–H and O–H groups in total. The van der Waals surface area contributed by atoms with Crippen molar-refractivity contribution < 1.29 is 17.7 Å². The van der Waals surface area contributed by atoms with E-state index in [0.29, 0.717) is 11.1 Å². The summed E-state index contributed by atoms with van der Waals surface area (Å²) >= 11 is 0. The van der Waals surface area contributed by atoms with Gasteiger partial charge in [0.1, 0.15) is 4.90 Å². The van der Waals surface area contributed by atoms with E-state index in [1.54, 1.807) is 19.2 Å². The average Bonchev–Trinajstić information content (AvgIpc) is 2.68. The highest BCUT2D eigenvalue weighted by molar-refractivity contribution is 7.86. The second-order valence-electron chi connectivity index (χ2n) is 5.38. The first-order valence-electron chi connectivity index (χ1n) is 7.45. The molecule has 0 fully saturated rings. The second-order valence-corrected chi connectivity index (χ2v) is 6.74. The summed E-state index contributed by atoms with van der Waals surface area (Å²) in [6.07, 6.45) is 1.42. The molecule has 2 aliphatic rings. The van der Waals surface area contributed by atoms with Gasteiger partial charge in [0, 0.05) is 18.6 Å². The predicted molar refractivity (Wildman–Crippen MR) is 87.0 cm³/mol. The van der Waals surface area contributed by atoms with Crippen LogP contribution in [-0.4, -0.2) is 26.2 Å². The molecule has 4 nitrogen and oxygen atoms in total. The van der Waals surface area contributed by atoms with Crippen LogP contribution in [0.3, 0.4) is 0 Å². The van der Waals surface area contributed by atoms with Crippen molar-refractivity contribution in [3.63, 3.8) is 0 Å². The van der Waals surface area contributed by atoms with E-state index in [2.05, 4.69) is 0 Å². The molecule has 2 atom stereocenters. The van der Waals surface area contributed by atoms with Crippen molar-refractivity contribution >= 4 is 10.1 Å². The predicted octanol–water partition coefficient (Wildman–Crippen LogP) is 3.96. The van der Waals surface area contributed by atoms with E-state index >= 15 is 0 Å². The van der Waals surface area contributed by atoms with E-state index in [1.165, 1.54) is 0 Å². The lowest BCUT2D eigenvalue weighted by Crippen LogP contribution is -2.21. The summed E-state index contributed by atoms with van der Waals surface area (Å²) in [5.41, 5.74) is 1.99. The van der Waals surface area contributed by atoms with Crippen molar-refractivity contribution in [3.05, 3.63) is 42.0 Å². The molecule has 0 aliphatic heterocycles. The minimum Gasteiger partial charge on any atom is -0.381 e. The molecule has 2 unspecified atom stereocenters. The first-order chi connectivity index (χ1) is 10.4. The number of methoxy groups -OCH3 is 1. The van der Waals surface area contributed by atoms with Gasteiger partial charge < -0.3 is 4.74 Å². The van der Waals surface area contributed by atoms with E-state index in [0.717, 1.165) is 18.4 Å². The van der Waals surface area contributed by atoms with Crippen LogP contribution in [0, 0.1) is 0 Å². The van der Waals surface area contributed by atoms with Gasteiger partial charge >= 0.3 is 0 Å². The van der Waals surface area contributed by atoms with Crippen LogP contribution >= 0.6 is 0 Å². The van der Waals surface area contributed by atoms with Crippen LogP contribution in [0.1, 0.15) is 38.2 Å². The largest absolute Gasteiger partial charge is 0.381 e. The summed E-state index contributed by atoms with van der Waals surface area (Å²) in [5, 5.41) is 0. The first-order valence-corrected chi connectivity index (χ1v) is 8.89. The molecule has 0 aromatic rings. The molecule has 120 valence electrons. The van der Waals surface area contributed by atoms with Crippen molar-refractivity contribution in [3.8, 4) is 11.1 Å². The molecule has 0 bridgehead atoms. The Hall–Kier alpha value is -1.43. The maximum absolute atomic E-state index is 12.0. The Balaban J connectivity index is 2.74. The molecule has 0 amide bonds. The molecule has 2 aliphatic carbocycles. The fraction of sp³-hybridized carbons (Fsp3) is 0.412.